The van der Waals surface area contributed by atoms with Crippen LogP contribution in [0.4, 0.5) is 0 Å². The van der Waals surface area contributed by atoms with Crippen molar-refractivity contribution in [3.05, 3.63) is 0 Å². The van der Waals surface area contributed by atoms with E-state index in [-0.39, 0.29) is 0 Å². The Bertz CT molecular complexity index is 156. The summed E-state index contributed by atoms with van der Waals surface area (Å²) in [6, 6.07) is 1.41. The third-order valence-electron chi connectivity index (χ3n) is 3.37. The number of rotatable bonds is 5. The second-order valence-electron chi connectivity index (χ2n) is 4.92. The molecule has 1 rings (SSSR count). The van der Waals surface area contributed by atoms with Gasteiger partial charge in [0, 0.05) is 18.6 Å². The molecule has 1 fully saturated rings. The lowest BCUT2D eigenvalue weighted by Crippen LogP contribution is -2.43. The van der Waals surface area contributed by atoms with E-state index in [4.69, 9.17) is 0 Å². The van der Waals surface area contributed by atoms with Crippen LogP contribution in [0.25, 0.3) is 0 Å². The molecule has 0 saturated carbocycles. The van der Waals surface area contributed by atoms with Crippen LogP contribution in [0, 0.1) is 5.92 Å². The standard InChI is InChI=1S/C12H26N2/c1-5-8-14(10(2)3)9-12-11(4)6-7-13-12/h10-13H,5-9H2,1-4H3. The van der Waals surface area contributed by atoms with Crippen molar-refractivity contribution in [3.8, 4) is 0 Å². The van der Waals surface area contributed by atoms with Crippen molar-refractivity contribution in [2.75, 3.05) is 19.6 Å². The number of nitrogens with one attached hydrogen (secondary N) is 1. The maximum atomic E-state index is 3.61. The minimum atomic E-state index is 0.685. The molecule has 2 heteroatoms. The summed E-state index contributed by atoms with van der Waals surface area (Å²) in [7, 11) is 0. The molecule has 2 unspecified atom stereocenters. The maximum Gasteiger partial charge on any atom is 0.0221 e. The van der Waals surface area contributed by atoms with Crippen LogP contribution in [-0.2, 0) is 0 Å². The Morgan fingerprint density at radius 1 is 1.43 bits per heavy atom. The highest BCUT2D eigenvalue weighted by Crippen LogP contribution is 2.16. The normalized spacial score (nSPS) is 27.9. The number of hydrogen-bond acceptors (Lipinski definition) is 2. The Kier molecular flexibility index (Phi) is 4.90. The first kappa shape index (κ1) is 12.0. The minimum absolute atomic E-state index is 0.685. The molecule has 0 amide bonds. The van der Waals surface area contributed by atoms with E-state index in [2.05, 4.69) is 37.9 Å². The van der Waals surface area contributed by atoms with Gasteiger partial charge in [0.25, 0.3) is 0 Å². The van der Waals surface area contributed by atoms with Gasteiger partial charge in [0.1, 0.15) is 0 Å². The van der Waals surface area contributed by atoms with Gasteiger partial charge in [0.05, 0.1) is 0 Å². The van der Waals surface area contributed by atoms with Crippen molar-refractivity contribution in [3.63, 3.8) is 0 Å². The van der Waals surface area contributed by atoms with Crippen LogP contribution < -0.4 is 5.32 Å². The van der Waals surface area contributed by atoms with Crippen LogP contribution in [0.1, 0.15) is 40.5 Å². The van der Waals surface area contributed by atoms with E-state index in [1.165, 1.54) is 32.5 Å². The van der Waals surface area contributed by atoms with E-state index in [1.54, 1.807) is 0 Å². The fourth-order valence-electron chi connectivity index (χ4n) is 2.24. The number of nitrogens with zero attached hydrogens (tertiary/aromatic N) is 1. The van der Waals surface area contributed by atoms with Gasteiger partial charge in [-0.15, -0.1) is 0 Å². The molecule has 84 valence electrons. The van der Waals surface area contributed by atoms with Crippen molar-refractivity contribution in [2.24, 2.45) is 5.92 Å². The molecule has 0 aliphatic carbocycles. The van der Waals surface area contributed by atoms with Gasteiger partial charge in [-0.2, -0.15) is 0 Å². The lowest BCUT2D eigenvalue weighted by atomic mass is 10.0. The third-order valence-corrected chi connectivity index (χ3v) is 3.37. The summed E-state index contributed by atoms with van der Waals surface area (Å²) in [6.45, 7) is 12.9. The lowest BCUT2D eigenvalue weighted by molar-refractivity contribution is 0.191. The Balaban J connectivity index is 2.37. The highest BCUT2D eigenvalue weighted by atomic mass is 15.2. The molecule has 2 nitrogen and oxygen atoms in total. The van der Waals surface area contributed by atoms with Crippen molar-refractivity contribution in [1.82, 2.24) is 10.2 Å². The molecule has 0 bridgehead atoms. The first-order valence-electron chi connectivity index (χ1n) is 6.12. The molecule has 1 saturated heterocycles. The second kappa shape index (κ2) is 5.72. The van der Waals surface area contributed by atoms with Crippen LogP contribution >= 0.6 is 0 Å². The summed E-state index contributed by atoms with van der Waals surface area (Å²) in [5.74, 6) is 0.855. The van der Waals surface area contributed by atoms with Crippen LogP contribution in [0.15, 0.2) is 0 Å². The summed E-state index contributed by atoms with van der Waals surface area (Å²) in [4.78, 5) is 2.60. The van der Waals surface area contributed by atoms with Crippen molar-refractivity contribution in [2.45, 2.75) is 52.6 Å². The van der Waals surface area contributed by atoms with E-state index in [0.29, 0.717) is 6.04 Å². The lowest BCUT2D eigenvalue weighted by Gasteiger charge is -2.30. The Morgan fingerprint density at radius 2 is 2.14 bits per heavy atom. The van der Waals surface area contributed by atoms with Gasteiger partial charge in [-0.1, -0.05) is 13.8 Å². The zero-order chi connectivity index (χ0) is 10.6. The van der Waals surface area contributed by atoms with Gasteiger partial charge in [-0.3, -0.25) is 4.90 Å². The second-order valence-corrected chi connectivity index (χ2v) is 4.92. The van der Waals surface area contributed by atoms with E-state index in [9.17, 15) is 0 Å². The van der Waals surface area contributed by atoms with E-state index < -0.39 is 0 Å². The minimum Gasteiger partial charge on any atom is -0.312 e. The Labute approximate surface area is 89.1 Å². The zero-order valence-corrected chi connectivity index (χ0v) is 10.2. The van der Waals surface area contributed by atoms with Crippen LogP contribution in [-0.4, -0.2) is 36.6 Å². The molecule has 0 aromatic rings. The predicted molar refractivity (Wildman–Crippen MR) is 62.6 cm³/mol. The monoisotopic (exact) mass is 198 g/mol. The summed E-state index contributed by atoms with van der Waals surface area (Å²) in [5.41, 5.74) is 0. The zero-order valence-electron chi connectivity index (χ0n) is 10.2. The fraction of sp³-hybridized carbons (Fsp3) is 1.00. The Morgan fingerprint density at radius 3 is 2.57 bits per heavy atom. The average molecular weight is 198 g/mol. The van der Waals surface area contributed by atoms with Gasteiger partial charge in [0.2, 0.25) is 0 Å². The van der Waals surface area contributed by atoms with E-state index >= 15 is 0 Å². The molecule has 0 aromatic carbocycles. The fourth-order valence-corrected chi connectivity index (χ4v) is 2.24. The van der Waals surface area contributed by atoms with E-state index in [0.717, 1.165) is 12.0 Å². The molecule has 1 aliphatic rings. The van der Waals surface area contributed by atoms with Gasteiger partial charge in [-0.25, -0.2) is 0 Å². The molecule has 1 aliphatic heterocycles. The molecule has 1 heterocycles. The first-order chi connectivity index (χ1) is 6.65. The van der Waals surface area contributed by atoms with Crippen molar-refractivity contribution >= 4 is 0 Å². The summed E-state index contributed by atoms with van der Waals surface area (Å²) < 4.78 is 0. The highest BCUT2D eigenvalue weighted by molar-refractivity contribution is 4.84. The predicted octanol–water partition coefficient (Wildman–Crippen LogP) is 2.10. The third kappa shape index (κ3) is 3.25. The first-order valence-corrected chi connectivity index (χ1v) is 6.12. The van der Waals surface area contributed by atoms with Crippen LogP contribution in [0.5, 0.6) is 0 Å². The maximum absolute atomic E-state index is 3.61. The van der Waals surface area contributed by atoms with Gasteiger partial charge < -0.3 is 5.32 Å². The number of hydrogen-bond donors (Lipinski definition) is 1. The smallest absolute Gasteiger partial charge is 0.0221 e. The largest absolute Gasteiger partial charge is 0.312 e. The molecule has 1 N–H and O–H groups in total. The average Bonchev–Trinajstić information content (AvgIpc) is 2.51. The summed E-state index contributed by atoms with van der Waals surface area (Å²) >= 11 is 0. The summed E-state index contributed by atoms with van der Waals surface area (Å²) in [5, 5.41) is 3.61. The SMILES string of the molecule is CCCN(CC1NCCC1C)C(C)C. The highest BCUT2D eigenvalue weighted by Gasteiger charge is 2.25. The quantitative estimate of drug-likeness (QED) is 0.728. The van der Waals surface area contributed by atoms with Crippen LogP contribution in [0.2, 0.25) is 0 Å². The molecule has 0 aromatic heterocycles. The molecular weight excluding hydrogens is 172 g/mol. The molecule has 0 spiro atoms. The van der Waals surface area contributed by atoms with Gasteiger partial charge >= 0.3 is 0 Å². The van der Waals surface area contributed by atoms with Crippen molar-refractivity contribution < 1.29 is 0 Å². The molecular formula is C12H26N2. The van der Waals surface area contributed by atoms with Gasteiger partial charge in [-0.05, 0) is 45.7 Å². The summed E-state index contributed by atoms with van der Waals surface area (Å²) in [6.07, 6.45) is 2.61. The van der Waals surface area contributed by atoms with E-state index in [1.807, 2.05) is 0 Å². The molecule has 14 heavy (non-hydrogen) atoms. The Hall–Kier alpha value is -0.0800. The topological polar surface area (TPSA) is 15.3 Å². The van der Waals surface area contributed by atoms with Crippen LogP contribution in [0.3, 0.4) is 0 Å². The molecule has 0 radical (unpaired) electrons. The van der Waals surface area contributed by atoms with Crippen molar-refractivity contribution in [1.29, 1.82) is 0 Å². The van der Waals surface area contributed by atoms with Gasteiger partial charge in [0.15, 0.2) is 0 Å². The molecule has 2 atom stereocenters.